The molecular weight excluding hydrogens is 306 g/mol. The van der Waals surface area contributed by atoms with Crippen LogP contribution in [0.1, 0.15) is 49.4 Å². The van der Waals surface area contributed by atoms with Gasteiger partial charge in [-0.15, -0.1) is 0 Å². The summed E-state index contributed by atoms with van der Waals surface area (Å²) in [6.45, 7) is 2.22. The van der Waals surface area contributed by atoms with Crippen molar-refractivity contribution >= 4 is 33.2 Å². The molecule has 0 atom stereocenters. The first kappa shape index (κ1) is 14.2. The molecule has 0 unspecified atom stereocenters. The Kier molecular flexibility index (Phi) is 4.04. The number of nitrogens with two attached hydrogens (primary N) is 2. The maximum Gasteiger partial charge on any atom is 0.250 e. The van der Waals surface area contributed by atoms with Gasteiger partial charge in [-0.3, -0.25) is 4.79 Å². The van der Waals surface area contributed by atoms with E-state index in [0.29, 0.717) is 11.3 Å². The van der Waals surface area contributed by atoms with Gasteiger partial charge >= 0.3 is 0 Å². The molecule has 0 heterocycles. The highest BCUT2D eigenvalue weighted by Gasteiger charge is 2.27. The van der Waals surface area contributed by atoms with Crippen LogP contribution in [0.25, 0.3) is 0 Å². The number of nitrogens with one attached hydrogen (secondary N) is 1. The summed E-state index contributed by atoms with van der Waals surface area (Å²) in [6.07, 6.45) is 6.04. The lowest BCUT2D eigenvalue weighted by atomic mass is 9.83. The molecule has 2 rings (SSSR count). The van der Waals surface area contributed by atoms with Crippen molar-refractivity contribution in [2.45, 2.75) is 44.6 Å². The second kappa shape index (κ2) is 5.41. The minimum atomic E-state index is -0.498. The fourth-order valence-electron chi connectivity index (χ4n) is 2.68. The number of hydrogen-bond acceptors (Lipinski definition) is 3. The van der Waals surface area contributed by atoms with E-state index in [1.54, 1.807) is 12.1 Å². The number of hydrogen-bond donors (Lipinski definition) is 3. The van der Waals surface area contributed by atoms with Crippen LogP contribution in [0, 0.1) is 0 Å². The molecule has 0 radical (unpaired) electrons. The SMILES string of the molecule is CC1(Nc2cc(C(N)=O)c(N)cc2Br)CCCCC1. The largest absolute Gasteiger partial charge is 0.398 e. The Morgan fingerprint density at radius 2 is 1.95 bits per heavy atom. The van der Waals surface area contributed by atoms with Crippen LogP contribution in [0.4, 0.5) is 11.4 Å². The normalized spacial score (nSPS) is 18.0. The van der Waals surface area contributed by atoms with Gasteiger partial charge in [0.1, 0.15) is 0 Å². The van der Waals surface area contributed by atoms with Gasteiger partial charge in [0.05, 0.1) is 5.56 Å². The first-order chi connectivity index (χ1) is 8.91. The topological polar surface area (TPSA) is 81.1 Å². The summed E-state index contributed by atoms with van der Waals surface area (Å²) >= 11 is 3.49. The van der Waals surface area contributed by atoms with Gasteiger partial charge in [-0.25, -0.2) is 0 Å². The molecule has 0 aliphatic heterocycles. The molecule has 1 fully saturated rings. The predicted molar refractivity (Wildman–Crippen MR) is 82.2 cm³/mol. The van der Waals surface area contributed by atoms with E-state index in [0.717, 1.165) is 23.0 Å². The summed E-state index contributed by atoms with van der Waals surface area (Å²) in [6, 6.07) is 3.47. The highest BCUT2D eigenvalue weighted by molar-refractivity contribution is 9.10. The van der Waals surface area contributed by atoms with E-state index in [-0.39, 0.29) is 5.54 Å². The minimum absolute atomic E-state index is 0.0752. The third-order valence-electron chi connectivity index (χ3n) is 3.80. The van der Waals surface area contributed by atoms with Crippen molar-refractivity contribution < 1.29 is 4.79 Å². The van der Waals surface area contributed by atoms with E-state index in [1.807, 2.05) is 0 Å². The molecule has 1 saturated carbocycles. The van der Waals surface area contributed by atoms with Gasteiger partial charge < -0.3 is 16.8 Å². The first-order valence-electron chi connectivity index (χ1n) is 6.58. The van der Waals surface area contributed by atoms with Gasteiger partial charge in [0.25, 0.3) is 5.91 Å². The van der Waals surface area contributed by atoms with Crippen molar-refractivity contribution in [3.63, 3.8) is 0 Å². The van der Waals surface area contributed by atoms with Gasteiger partial charge in [-0.05, 0) is 47.8 Å². The quantitative estimate of drug-likeness (QED) is 0.746. The fourth-order valence-corrected chi connectivity index (χ4v) is 3.14. The van der Waals surface area contributed by atoms with Crippen LogP contribution >= 0.6 is 15.9 Å². The van der Waals surface area contributed by atoms with E-state index in [2.05, 4.69) is 28.2 Å². The van der Waals surface area contributed by atoms with Gasteiger partial charge in [-0.1, -0.05) is 19.3 Å². The van der Waals surface area contributed by atoms with E-state index in [1.165, 1.54) is 19.3 Å². The summed E-state index contributed by atoms with van der Waals surface area (Å²) < 4.78 is 0.863. The summed E-state index contributed by atoms with van der Waals surface area (Å²) in [5.74, 6) is -0.498. The van der Waals surface area contributed by atoms with Gasteiger partial charge in [-0.2, -0.15) is 0 Å². The van der Waals surface area contributed by atoms with E-state index < -0.39 is 5.91 Å². The van der Waals surface area contributed by atoms with Crippen molar-refractivity contribution in [2.24, 2.45) is 5.73 Å². The smallest absolute Gasteiger partial charge is 0.250 e. The molecule has 0 bridgehead atoms. The number of benzene rings is 1. The maximum atomic E-state index is 11.4. The highest BCUT2D eigenvalue weighted by atomic mass is 79.9. The molecule has 1 aromatic rings. The zero-order chi connectivity index (χ0) is 14.0. The number of amides is 1. The fraction of sp³-hybridized carbons (Fsp3) is 0.500. The Labute approximate surface area is 122 Å². The lowest BCUT2D eigenvalue weighted by Crippen LogP contribution is -2.37. The van der Waals surface area contributed by atoms with Crippen LogP contribution in [0.15, 0.2) is 16.6 Å². The van der Waals surface area contributed by atoms with Crippen LogP contribution in [0.3, 0.4) is 0 Å². The molecule has 1 aliphatic rings. The Morgan fingerprint density at radius 1 is 1.32 bits per heavy atom. The van der Waals surface area contributed by atoms with Gasteiger partial charge in [0.15, 0.2) is 0 Å². The molecule has 0 saturated heterocycles. The van der Waals surface area contributed by atoms with Gasteiger partial charge in [0, 0.05) is 21.4 Å². The average Bonchev–Trinajstić information content (AvgIpc) is 2.33. The van der Waals surface area contributed by atoms with Gasteiger partial charge in [0.2, 0.25) is 0 Å². The molecule has 4 nitrogen and oxygen atoms in total. The first-order valence-corrected chi connectivity index (χ1v) is 7.38. The van der Waals surface area contributed by atoms with Crippen LogP contribution < -0.4 is 16.8 Å². The zero-order valence-corrected chi connectivity index (χ0v) is 12.7. The lowest BCUT2D eigenvalue weighted by Gasteiger charge is -2.36. The molecule has 1 amide bonds. The summed E-state index contributed by atoms with van der Waals surface area (Å²) in [7, 11) is 0. The van der Waals surface area contributed by atoms with Crippen LogP contribution in [0.2, 0.25) is 0 Å². The highest BCUT2D eigenvalue weighted by Crippen LogP contribution is 2.35. The van der Waals surface area contributed by atoms with Crippen molar-refractivity contribution in [3.05, 3.63) is 22.2 Å². The van der Waals surface area contributed by atoms with Crippen LogP contribution in [-0.4, -0.2) is 11.4 Å². The van der Waals surface area contributed by atoms with Crippen molar-refractivity contribution in [2.75, 3.05) is 11.1 Å². The third-order valence-corrected chi connectivity index (χ3v) is 4.45. The zero-order valence-electron chi connectivity index (χ0n) is 11.1. The molecule has 104 valence electrons. The number of halogens is 1. The molecule has 19 heavy (non-hydrogen) atoms. The Bertz CT molecular complexity index is 496. The minimum Gasteiger partial charge on any atom is -0.398 e. The van der Waals surface area contributed by atoms with Crippen LogP contribution in [-0.2, 0) is 0 Å². The van der Waals surface area contributed by atoms with E-state index >= 15 is 0 Å². The molecule has 5 N–H and O–H groups in total. The maximum absolute atomic E-state index is 11.4. The number of nitrogen functional groups attached to an aromatic ring is 1. The third kappa shape index (κ3) is 3.21. The predicted octanol–water partition coefficient (Wildman–Crippen LogP) is 3.26. The molecule has 0 spiro atoms. The Hall–Kier alpha value is -1.23. The molecular formula is C14H20BrN3O. The van der Waals surface area contributed by atoms with E-state index in [9.17, 15) is 4.79 Å². The molecule has 5 heteroatoms. The number of carbonyl (C=O) groups is 1. The standard InChI is InChI=1S/C14H20BrN3O/c1-14(5-3-2-4-6-14)18-12-7-9(13(17)19)11(16)8-10(12)15/h7-8,18H,2-6,16H2,1H3,(H2,17,19). The number of primary amides is 1. The van der Waals surface area contributed by atoms with Crippen molar-refractivity contribution in [1.82, 2.24) is 0 Å². The van der Waals surface area contributed by atoms with E-state index in [4.69, 9.17) is 11.5 Å². The number of carbonyl (C=O) groups excluding carboxylic acids is 1. The summed E-state index contributed by atoms with van der Waals surface area (Å²) in [4.78, 5) is 11.4. The average molecular weight is 326 g/mol. The molecule has 0 aromatic heterocycles. The van der Waals surface area contributed by atoms with Crippen LogP contribution in [0.5, 0.6) is 0 Å². The number of rotatable bonds is 3. The Morgan fingerprint density at radius 3 is 2.53 bits per heavy atom. The summed E-state index contributed by atoms with van der Waals surface area (Å²) in [5.41, 5.74) is 12.9. The van der Waals surface area contributed by atoms with Crippen molar-refractivity contribution in [3.8, 4) is 0 Å². The second-order valence-corrected chi connectivity index (χ2v) is 6.38. The Balaban J connectivity index is 2.29. The number of anilines is 2. The lowest BCUT2D eigenvalue weighted by molar-refractivity contribution is 0.100. The van der Waals surface area contributed by atoms with Crippen molar-refractivity contribution in [1.29, 1.82) is 0 Å². The molecule has 1 aliphatic carbocycles. The second-order valence-electron chi connectivity index (χ2n) is 5.53. The monoisotopic (exact) mass is 325 g/mol. The molecule has 1 aromatic carbocycles. The summed E-state index contributed by atoms with van der Waals surface area (Å²) in [5, 5.41) is 3.54.